The zero-order chi connectivity index (χ0) is 10.0. The fraction of sp³-hybridized carbons (Fsp3) is 0.375. The lowest BCUT2D eigenvalue weighted by molar-refractivity contribution is 0.151. The summed E-state index contributed by atoms with van der Waals surface area (Å²) in [5.74, 6) is 0.273. The fourth-order valence-corrected chi connectivity index (χ4v) is 1.16. The maximum atomic E-state index is 12.3. The molecule has 0 aromatic carbocycles. The molecular formula is C8H8ClF2NO. The fourth-order valence-electron chi connectivity index (χ4n) is 0.950. The van der Waals surface area contributed by atoms with Gasteiger partial charge >= 0.3 is 0 Å². The molecule has 1 heterocycles. The lowest BCUT2D eigenvalue weighted by Crippen LogP contribution is -1.96. The number of nitrogens with zero attached hydrogens (tertiary/aromatic N) is 1. The van der Waals surface area contributed by atoms with Crippen LogP contribution in [0.1, 0.15) is 17.6 Å². The first-order valence-corrected chi connectivity index (χ1v) is 3.92. The van der Waals surface area contributed by atoms with E-state index in [-0.39, 0.29) is 16.5 Å². The molecule has 0 saturated heterocycles. The first kappa shape index (κ1) is 10.2. The van der Waals surface area contributed by atoms with E-state index in [0.717, 1.165) is 6.20 Å². The van der Waals surface area contributed by atoms with Crippen LogP contribution in [0.3, 0.4) is 0 Å². The SMILES string of the molecule is COc1ncc(C(F)F)c(Cl)c1C. The van der Waals surface area contributed by atoms with Gasteiger partial charge in [-0.05, 0) is 6.92 Å². The first-order valence-electron chi connectivity index (χ1n) is 3.55. The van der Waals surface area contributed by atoms with E-state index in [9.17, 15) is 8.78 Å². The quantitative estimate of drug-likeness (QED) is 0.744. The summed E-state index contributed by atoms with van der Waals surface area (Å²) in [6.07, 6.45) is -1.58. The molecule has 1 aromatic heterocycles. The molecule has 72 valence electrons. The van der Waals surface area contributed by atoms with E-state index in [1.165, 1.54) is 7.11 Å². The Morgan fingerprint density at radius 3 is 2.62 bits per heavy atom. The van der Waals surface area contributed by atoms with Gasteiger partial charge in [-0.1, -0.05) is 11.6 Å². The molecule has 0 fully saturated rings. The third-order valence-electron chi connectivity index (χ3n) is 1.65. The minimum absolute atomic E-state index is 0.0156. The zero-order valence-corrected chi connectivity index (χ0v) is 7.90. The van der Waals surface area contributed by atoms with Crippen LogP contribution < -0.4 is 4.74 Å². The molecule has 2 nitrogen and oxygen atoms in total. The Labute approximate surface area is 79.5 Å². The van der Waals surface area contributed by atoms with E-state index in [4.69, 9.17) is 16.3 Å². The predicted octanol–water partition coefficient (Wildman–Crippen LogP) is 2.99. The van der Waals surface area contributed by atoms with E-state index >= 15 is 0 Å². The van der Waals surface area contributed by atoms with Crippen LogP contribution in [-0.4, -0.2) is 12.1 Å². The summed E-state index contributed by atoms with van der Waals surface area (Å²) in [4.78, 5) is 3.69. The normalized spacial score (nSPS) is 10.6. The van der Waals surface area contributed by atoms with Crippen LogP contribution in [-0.2, 0) is 0 Å². The molecule has 5 heteroatoms. The van der Waals surface area contributed by atoms with E-state index in [2.05, 4.69) is 4.98 Å². The molecule has 0 atom stereocenters. The van der Waals surface area contributed by atoms with Crippen molar-refractivity contribution in [1.82, 2.24) is 4.98 Å². The van der Waals surface area contributed by atoms with E-state index in [0.29, 0.717) is 5.56 Å². The standard InChI is InChI=1S/C8H8ClF2NO/c1-4-6(9)5(7(10)11)3-12-8(4)13-2/h3,7H,1-2H3. The van der Waals surface area contributed by atoms with Crippen LogP contribution >= 0.6 is 11.6 Å². The number of aromatic nitrogens is 1. The summed E-state index contributed by atoms with van der Waals surface area (Å²) in [5.41, 5.74) is 0.168. The molecule has 0 spiro atoms. The lowest BCUT2D eigenvalue weighted by Gasteiger charge is -2.08. The van der Waals surface area contributed by atoms with Gasteiger partial charge in [0.15, 0.2) is 0 Å². The highest BCUT2D eigenvalue weighted by Gasteiger charge is 2.16. The Bertz CT molecular complexity index is 317. The predicted molar refractivity (Wildman–Crippen MR) is 45.5 cm³/mol. The molecule has 0 amide bonds. The van der Waals surface area contributed by atoms with Gasteiger partial charge in [0.2, 0.25) is 5.88 Å². The van der Waals surface area contributed by atoms with Gasteiger partial charge in [0.25, 0.3) is 6.43 Å². The van der Waals surface area contributed by atoms with Crippen molar-refractivity contribution >= 4 is 11.6 Å². The van der Waals surface area contributed by atoms with Gasteiger partial charge < -0.3 is 4.74 Å². The largest absolute Gasteiger partial charge is 0.481 e. The molecule has 0 bridgehead atoms. The van der Waals surface area contributed by atoms with Crippen molar-refractivity contribution in [3.05, 3.63) is 22.3 Å². The number of ether oxygens (including phenoxy) is 1. The third-order valence-corrected chi connectivity index (χ3v) is 2.15. The number of rotatable bonds is 2. The summed E-state index contributed by atoms with van der Waals surface area (Å²) < 4.78 is 29.4. The van der Waals surface area contributed by atoms with Gasteiger partial charge in [0.05, 0.1) is 17.7 Å². The summed E-state index contributed by atoms with van der Waals surface area (Å²) in [6.45, 7) is 1.58. The third kappa shape index (κ3) is 1.88. The van der Waals surface area contributed by atoms with Gasteiger partial charge in [-0.15, -0.1) is 0 Å². The van der Waals surface area contributed by atoms with Crippen LogP contribution in [0.25, 0.3) is 0 Å². The highest BCUT2D eigenvalue weighted by Crippen LogP contribution is 2.32. The van der Waals surface area contributed by atoms with Crippen molar-refractivity contribution in [2.45, 2.75) is 13.3 Å². The van der Waals surface area contributed by atoms with Crippen LogP contribution in [0, 0.1) is 6.92 Å². The summed E-state index contributed by atoms with van der Waals surface area (Å²) in [7, 11) is 1.41. The maximum absolute atomic E-state index is 12.3. The molecule has 0 unspecified atom stereocenters. The van der Waals surface area contributed by atoms with Gasteiger partial charge in [-0.2, -0.15) is 0 Å². The minimum Gasteiger partial charge on any atom is -0.481 e. The Kier molecular flexibility index (Phi) is 3.03. The summed E-state index contributed by atoms with van der Waals surface area (Å²) >= 11 is 5.67. The molecule has 0 aliphatic rings. The van der Waals surface area contributed by atoms with Gasteiger partial charge in [0, 0.05) is 11.8 Å². The molecular weight excluding hydrogens is 200 g/mol. The van der Waals surface area contributed by atoms with Crippen molar-refractivity contribution in [3.63, 3.8) is 0 Å². The second-order valence-corrected chi connectivity index (χ2v) is 2.84. The Morgan fingerprint density at radius 2 is 2.15 bits per heavy atom. The van der Waals surface area contributed by atoms with E-state index < -0.39 is 6.43 Å². The first-order chi connectivity index (χ1) is 6.07. The Balaban J connectivity index is 3.23. The molecule has 0 aliphatic carbocycles. The second-order valence-electron chi connectivity index (χ2n) is 2.46. The maximum Gasteiger partial charge on any atom is 0.266 e. The molecule has 0 saturated carbocycles. The number of hydrogen-bond acceptors (Lipinski definition) is 2. The number of halogens is 3. The van der Waals surface area contributed by atoms with E-state index in [1.807, 2.05) is 0 Å². The molecule has 1 aromatic rings. The lowest BCUT2D eigenvalue weighted by atomic mass is 10.2. The number of hydrogen-bond donors (Lipinski definition) is 0. The van der Waals surface area contributed by atoms with Crippen molar-refractivity contribution in [2.75, 3.05) is 7.11 Å². The van der Waals surface area contributed by atoms with Gasteiger partial charge in [-0.3, -0.25) is 0 Å². The highest BCUT2D eigenvalue weighted by molar-refractivity contribution is 6.32. The summed E-state index contributed by atoms with van der Waals surface area (Å²) in [6, 6.07) is 0. The zero-order valence-electron chi connectivity index (χ0n) is 7.14. The average molecular weight is 208 g/mol. The van der Waals surface area contributed by atoms with Crippen molar-refractivity contribution < 1.29 is 13.5 Å². The Morgan fingerprint density at radius 1 is 1.54 bits per heavy atom. The highest BCUT2D eigenvalue weighted by atomic mass is 35.5. The van der Waals surface area contributed by atoms with Crippen LogP contribution in [0.4, 0.5) is 8.78 Å². The molecule has 0 N–H and O–H groups in total. The van der Waals surface area contributed by atoms with E-state index in [1.54, 1.807) is 6.92 Å². The summed E-state index contributed by atoms with van der Waals surface area (Å²) in [5, 5.41) is 0.0156. The van der Waals surface area contributed by atoms with Crippen LogP contribution in [0.5, 0.6) is 5.88 Å². The monoisotopic (exact) mass is 207 g/mol. The number of methoxy groups -OCH3 is 1. The average Bonchev–Trinajstić information content (AvgIpc) is 2.09. The molecule has 1 rings (SSSR count). The second kappa shape index (κ2) is 3.87. The minimum atomic E-state index is -2.61. The van der Waals surface area contributed by atoms with Gasteiger partial charge in [0.1, 0.15) is 0 Å². The van der Waals surface area contributed by atoms with Crippen LogP contribution in [0.2, 0.25) is 5.02 Å². The smallest absolute Gasteiger partial charge is 0.266 e. The van der Waals surface area contributed by atoms with Crippen molar-refractivity contribution in [1.29, 1.82) is 0 Å². The van der Waals surface area contributed by atoms with Crippen molar-refractivity contribution in [3.8, 4) is 5.88 Å². The number of pyridine rings is 1. The molecule has 0 aliphatic heterocycles. The van der Waals surface area contributed by atoms with Crippen molar-refractivity contribution in [2.24, 2.45) is 0 Å². The van der Waals surface area contributed by atoms with Gasteiger partial charge in [-0.25, -0.2) is 13.8 Å². The number of alkyl halides is 2. The Hall–Kier alpha value is -0.900. The molecule has 13 heavy (non-hydrogen) atoms. The topological polar surface area (TPSA) is 22.1 Å². The van der Waals surface area contributed by atoms with Crippen LogP contribution in [0.15, 0.2) is 6.20 Å². The molecule has 0 radical (unpaired) electrons.